The van der Waals surface area contributed by atoms with E-state index in [2.05, 4.69) is 6.92 Å². The summed E-state index contributed by atoms with van der Waals surface area (Å²) in [5.74, 6) is -1.000. The van der Waals surface area contributed by atoms with Crippen LogP contribution in [0.25, 0.3) is 11.1 Å². The summed E-state index contributed by atoms with van der Waals surface area (Å²) in [6, 6.07) is 11.2. The average Bonchev–Trinajstić information content (AvgIpc) is 2.58. The number of carbonyl (C=O) groups is 1. The highest BCUT2D eigenvalue weighted by Gasteiger charge is 2.24. The van der Waals surface area contributed by atoms with Crippen LogP contribution in [0, 0.1) is 10.1 Å². The molecule has 2 aromatic carbocycles. The molecule has 0 aromatic heterocycles. The van der Waals surface area contributed by atoms with Crippen LogP contribution >= 0.6 is 0 Å². The molecule has 0 aliphatic rings. The predicted octanol–water partition coefficient (Wildman–Crippen LogP) is 4.53. The Labute approximate surface area is 139 Å². The van der Waals surface area contributed by atoms with Crippen LogP contribution in [0.2, 0.25) is 0 Å². The van der Waals surface area contributed by atoms with Gasteiger partial charge in [0, 0.05) is 6.07 Å². The second-order valence-electron chi connectivity index (χ2n) is 5.35. The lowest BCUT2D eigenvalue weighted by atomic mass is 10.00. The molecular weight excluding hydrogens is 310 g/mol. The van der Waals surface area contributed by atoms with Crippen molar-refractivity contribution >= 4 is 11.7 Å². The average molecular weight is 329 g/mol. The third-order valence-corrected chi connectivity index (χ3v) is 3.59. The summed E-state index contributed by atoms with van der Waals surface area (Å²) in [7, 11) is 0. The predicted molar refractivity (Wildman–Crippen MR) is 90.5 cm³/mol. The van der Waals surface area contributed by atoms with Gasteiger partial charge in [-0.3, -0.25) is 10.1 Å². The van der Waals surface area contributed by atoms with Crippen molar-refractivity contribution in [1.82, 2.24) is 0 Å². The Hall–Kier alpha value is -2.89. The highest BCUT2D eigenvalue weighted by Crippen LogP contribution is 2.39. The number of aromatic carboxylic acids is 1. The van der Waals surface area contributed by atoms with Crippen molar-refractivity contribution in [2.45, 2.75) is 26.2 Å². The fraction of sp³-hybridized carbons (Fsp3) is 0.278. The normalized spacial score (nSPS) is 10.4. The number of unbranched alkanes of at least 4 members (excludes halogenated alkanes) is 2. The molecule has 0 aliphatic heterocycles. The molecule has 0 heterocycles. The highest BCUT2D eigenvalue weighted by molar-refractivity contribution is 5.92. The summed E-state index contributed by atoms with van der Waals surface area (Å²) in [5, 5.41) is 20.7. The van der Waals surface area contributed by atoms with Gasteiger partial charge in [0.2, 0.25) is 0 Å². The second-order valence-corrected chi connectivity index (χ2v) is 5.35. The van der Waals surface area contributed by atoms with Gasteiger partial charge in [-0.05, 0) is 18.1 Å². The Morgan fingerprint density at radius 2 is 1.92 bits per heavy atom. The Balaban J connectivity index is 2.54. The number of ether oxygens (including phenoxy) is 1. The molecule has 0 saturated carbocycles. The number of carboxylic acid groups (broad SMARTS) is 1. The van der Waals surface area contributed by atoms with E-state index >= 15 is 0 Å². The summed E-state index contributed by atoms with van der Waals surface area (Å²) in [6.45, 7) is 2.44. The zero-order valence-corrected chi connectivity index (χ0v) is 13.4. The summed E-state index contributed by atoms with van der Waals surface area (Å²) in [5.41, 5.74) is 0.493. The Morgan fingerprint density at radius 1 is 1.21 bits per heavy atom. The van der Waals surface area contributed by atoms with Gasteiger partial charge in [-0.15, -0.1) is 0 Å². The first kappa shape index (κ1) is 17.5. The fourth-order valence-corrected chi connectivity index (χ4v) is 2.41. The smallest absolute Gasteiger partial charge is 0.336 e. The standard InChI is InChI=1S/C18H19NO5/c1-2-3-7-10-24-16-12-14(18(20)21)11-15(19(22)23)17(16)13-8-5-4-6-9-13/h4-6,8-9,11-12H,2-3,7,10H2,1H3,(H,20,21). The molecule has 0 fully saturated rings. The van der Waals surface area contributed by atoms with Crippen molar-refractivity contribution in [2.75, 3.05) is 6.61 Å². The van der Waals surface area contributed by atoms with Gasteiger partial charge in [0.1, 0.15) is 11.3 Å². The number of hydrogen-bond donors (Lipinski definition) is 1. The number of rotatable bonds is 8. The van der Waals surface area contributed by atoms with Crippen LogP contribution in [0.3, 0.4) is 0 Å². The zero-order valence-electron chi connectivity index (χ0n) is 13.4. The second kappa shape index (κ2) is 8.10. The molecule has 0 spiro atoms. The van der Waals surface area contributed by atoms with Crippen LogP contribution in [-0.4, -0.2) is 22.6 Å². The van der Waals surface area contributed by atoms with Crippen LogP contribution in [0.15, 0.2) is 42.5 Å². The van der Waals surface area contributed by atoms with Gasteiger partial charge < -0.3 is 9.84 Å². The minimum atomic E-state index is -1.23. The van der Waals surface area contributed by atoms with Crippen LogP contribution in [0.1, 0.15) is 36.5 Å². The third kappa shape index (κ3) is 4.10. The van der Waals surface area contributed by atoms with Gasteiger partial charge >= 0.3 is 5.97 Å². The van der Waals surface area contributed by atoms with Crippen molar-refractivity contribution in [1.29, 1.82) is 0 Å². The van der Waals surface area contributed by atoms with Gasteiger partial charge in [0.05, 0.1) is 17.1 Å². The van der Waals surface area contributed by atoms with Crippen molar-refractivity contribution in [2.24, 2.45) is 0 Å². The molecule has 2 rings (SSSR count). The fourth-order valence-electron chi connectivity index (χ4n) is 2.41. The molecule has 0 amide bonds. The molecule has 0 bridgehead atoms. The summed E-state index contributed by atoms with van der Waals surface area (Å²) >= 11 is 0. The quantitative estimate of drug-likeness (QED) is 0.436. The number of carboxylic acids is 1. The highest BCUT2D eigenvalue weighted by atomic mass is 16.6. The molecule has 0 radical (unpaired) electrons. The first-order valence-corrected chi connectivity index (χ1v) is 7.78. The maximum Gasteiger partial charge on any atom is 0.336 e. The first-order chi connectivity index (χ1) is 11.5. The largest absolute Gasteiger partial charge is 0.493 e. The van der Waals surface area contributed by atoms with Crippen molar-refractivity contribution in [3.8, 4) is 16.9 Å². The summed E-state index contributed by atoms with van der Waals surface area (Å²) < 4.78 is 5.71. The monoisotopic (exact) mass is 329 g/mol. The molecule has 0 atom stereocenters. The van der Waals surface area contributed by atoms with Crippen molar-refractivity contribution in [3.63, 3.8) is 0 Å². The number of nitrogens with zero attached hydrogens (tertiary/aromatic N) is 1. The number of nitro benzene ring substituents is 1. The third-order valence-electron chi connectivity index (χ3n) is 3.59. The lowest BCUT2D eigenvalue weighted by Crippen LogP contribution is -2.05. The lowest BCUT2D eigenvalue weighted by Gasteiger charge is -2.13. The molecule has 6 heteroatoms. The summed E-state index contributed by atoms with van der Waals surface area (Å²) in [6.07, 6.45) is 2.79. The number of benzene rings is 2. The topological polar surface area (TPSA) is 89.7 Å². The molecule has 0 aliphatic carbocycles. The van der Waals surface area contributed by atoms with Crippen molar-refractivity contribution in [3.05, 3.63) is 58.1 Å². The van der Waals surface area contributed by atoms with Gasteiger partial charge in [-0.2, -0.15) is 0 Å². The van der Waals surface area contributed by atoms with Crippen LogP contribution in [-0.2, 0) is 0 Å². The molecule has 0 unspecified atom stereocenters. The van der Waals surface area contributed by atoms with E-state index in [-0.39, 0.29) is 17.0 Å². The number of hydrogen-bond acceptors (Lipinski definition) is 4. The molecule has 1 N–H and O–H groups in total. The van der Waals surface area contributed by atoms with E-state index in [1.807, 2.05) is 6.07 Å². The van der Waals surface area contributed by atoms with E-state index in [1.54, 1.807) is 24.3 Å². The van der Waals surface area contributed by atoms with Gasteiger partial charge in [-0.1, -0.05) is 50.1 Å². The van der Waals surface area contributed by atoms with Gasteiger partial charge in [0.15, 0.2) is 0 Å². The Kier molecular flexibility index (Phi) is 5.89. The van der Waals surface area contributed by atoms with E-state index in [4.69, 9.17) is 4.74 Å². The minimum Gasteiger partial charge on any atom is -0.493 e. The molecule has 0 saturated heterocycles. The maximum absolute atomic E-state index is 11.5. The Bertz CT molecular complexity index is 728. The van der Waals surface area contributed by atoms with Gasteiger partial charge in [-0.25, -0.2) is 4.79 Å². The number of nitro groups is 1. The van der Waals surface area contributed by atoms with Crippen LogP contribution < -0.4 is 4.74 Å². The van der Waals surface area contributed by atoms with E-state index < -0.39 is 10.9 Å². The van der Waals surface area contributed by atoms with E-state index in [9.17, 15) is 20.0 Å². The van der Waals surface area contributed by atoms with E-state index in [0.29, 0.717) is 17.7 Å². The molecule has 2 aromatic rings. The molecule has 126 valence electrons. The minimum absolute atomic E-state index is 0.160. The SMILES string of the molecule is CCCCCOc1cc(C(=O)O)cc([N+](=O)[O-])c1-c1ccccc1. The molecular formula is C18H19NO5. The molecule has 24 heavy (non-hydrogen) atoms. The van der Waals surface area contributed by atoms with Crippen molar-refractivity contribution < 1.29 is 19.6 Å². The maximum atomic E-state index is 11.5. The lowest BCUT2D eigenvalue weighted by molar-refractivity contribution is -0.384. The van der Waals surface area contributed by atoms with Gasteiger partial charge in [0.25, 0.3) is 5.69 Å². The summed E-state index contributed by atoms with van der Waals surface area (Å²) in [4.78, 5) is 22.2. The Morgan fingerprint density at radius 3 is 2.50 bits per heavy atom. The first-order valence-electron chi connectivity index (χ1n) is 7.78. The van der Waals surface area contributed by atoms with E-state index in [1.165, 1.54) is 6.07 Å². The van der Waals surface area contributed by atoms with Crippen LogP contribution in [0.4, 0.5) is 5.69 Å². The molecule has 6 nitrogen and oxygen atoms in total. The van der Waals surface area contributed by atoms with Crippen LogP contribution in [0.5, 0.6) is 5.75 Å². The van der Waals surface area contributed by atoms with E-state index in [0.717, 1.165) is 25.3 Å². The zero-order chi connectivity index (χ0) is 17.5.